The summed E-state index contributed by atoms with van der Waals surface area (Å²) in [6.07, 6.45) is 6.50. The standard InChI is InChI=1S/C26H32O6/c1-20(27)31-23-12-8-21(9-13-23)26(16-4-3-5-17-26)22-10-14-24(15-11-22)32-25(28)30-19-7-6-18-29-2/h8-15H,3-7,16-19H2,1-2H3. The molecule has 0 heterocycles. The molecule has 0 atom stereocenters. The van der Waals surface area contributed by atoms with Gasteiger partial charge in [-0.15, -0.1) is 0 Å². The van der Waals surface area contributed by atoms with E-state index in [2.05, 4.69) is 12.1 Å². The van der Waals surface area contributed by atoms with E-state index < -0.39 is 6.16 Å². The Morgan fingerprint density at radius 1 is 0.781 bits per heavy atom. The zero-order valence-corrected chi connectivity index (χ0v) is 18.9. The third-order valence-corrected chi connectivity index (χ3v) is 5.95. The van der Waals surface area contributed by atoms with Gasteiger partial charge < -0.3 is 18.9 Å². The maximum atomic E-state index is 11.9. The minimum Gasteiger partial charge on any atom is -0.434 e. The number of rotatable bonds is 9. The maximum absolute atomic E-state index is 11.9. The van der Waals surface area contributed by atoms with Crippen LogP contribution in [0, 0.1) is 0 Å². The predicted molar refractivity (Wildman–Crippen MR) is 121 cm³/mol. The molecule has 0 saturated heterocycles. The molecule has 0 aromatic heterocycles. The molecule has 2 aromatic rings. The summed E-state index contributed by atoms with van der Waals surface area (Å²) in [7, 11) is 1.65. The molecule has 0 N–H and O–H groups in total. The molecule has 32 heavy (non-hydrogen) atoms. The first-order valence-electron chi connectivity index (χ1n) is 11.3. The summed E-state index contributed by atoms with van der Waals surface area (Å²) < 4.78 is 20.6. The summed E-state index contributed by atoms with van der Waals surface area (Å²) in [5, 5.41) is 0. The van der Waals surface area contributed by atoms with Gasteiger partial charge in [-0.25, -0.2) is 4.79 Å². The second-order valence-corrected chi connectivity index (χ2v) is 8.19. The fraction of sp³-hybridized carbons (Fsp3) is 0.462. The van der Waals surface area contributed by atoms with E-state index in [0.717, 1.165) is 38.5 Å². The Balaban J connectivity index is 1.69. The Labute approximate surface area is 189 Å². The number of hydrogen-bond acceptors (Lipinski definition) is 6. The molecule has 3 rings (SSSR count). The van der Waals surface area contributed by atoms with Gasteiger partial charge in [0.1, 0.15) is 11.5 Å². The van der Waals surface area contributed by atoms with Crippen molar-refractivity contribution in [3.8, 4) is 11.5 Å². The average Bonchev–Trinajstić information content (AvgIpc) is 2.80. The van der Waals surface area contributed by atoms with E-state index in [1.54, 1.807) is 7.11 Å². The molecule has 2 aromatic carbocycles. The summed E-state index contributed by atoms with van der Waals surface area (Å²) >= 11 is 0. The highest BCUT2D eigenvalue weighted by Gasteiger charge is 2.35. The van der Waals surface area contributed by atoms with Crippen LogP contribution in [0.4, 0.5) is 4.79 Å². The van der Waals surface area contributed by atoms with Crippen LogP contribution in [0.3, 0.4) is 0 Å². The third-order valence-electron chi connectivity index (χ3n) is 5.95. The zero-order valence-electron chi connectivity index (χ0n) is 18.9. The van der Waals surface area contributed by atoms with Crippen LogP contribution in [0.2, 0.25) is 0 Å². The minimum atomic E-state index is -0.691. The molecule has 1 saturated carbocycles. The number of carbonyl (C=O) groups is 2. The van der Waals surface area contributed by atoms with Gasteiger partial charge in [-0.1, -0.05) is 43.5 Å². The quantitative estimate of drug-likeness (QED) is 0.212. The molecule has 0 radical (unpaired) electrons. The van der Waals surface area contributed by atoms with Crippen molar-refractivity contribution in [2.24, 2.45) is 0 Å². The van der Waals surface area contributed by atoms with E-state index in [9.17, 15) is 9.59 Å². The fourth-order valence-electron chi connectivity index (χ4n) is 4.38. The predicted octanol–water partition coefficient (Wildman–Crippen LogP) is 5.80. The van der Waals surface area contributed by atoms with Crippen molar-refractivity contribution in [2.75, 3.05) is 20.3 Å². The largest absolute Gasteiger partial charge is 0.513 e. The molecular formula is C26H32O6. The van der Waals surface area contributed by atoms with Crippen molar-refractivity contribution in [1.29, 1.82) is 0 Å². The third kappa shape index (κ3) is 6.33. The van der Waals surface area contributed by atoms with Crippen LogP contribution >= 0.6 is 0 Å². The summed E-state index contributed by atoms with van der Waals surface area (Å²) in [6, 6.07) is 15.5. The second-order valence-electron chi connectivity index (χ2n) is 8.19. The Hall–Kier alpha value is -2.86. The van der Waals surface area contributed by atoms with Gasteiger partial charge in [-0.05, 0) is 61.1 Å². The van der Waals surface area contributed by atoms with E-state index in [4.69, 9.17) is 18.9 Å². The first kappa shape index (κ1) is 23.8. The molecule has 0 bridgehead atoms. The van der Waals surface area contributed by atoms with Crippen LogP contribution in [0.25, 0.3) is 0 Å². The molecule has 172 valence electrons. The highest BCUT2D eigenvalue weighted by molar-refractivity contribution is 5.69. The van der Waals surface area contributed by atoms with E-state index in [1.807, 2.05) is 36.4 Å². The molecule has 6 nitrogen and oxygen atoms in total. The molecule has 0 spiro atoms. The number of hydrogen-bond donors (Lipinski definition) is 0. The van der Waals surface area contributed by atoms with Gasteiger partial charge in [0.25, 0.3) is 0 Å². The van der Waals surface area contributed by atoms with Crippen molar-refractivity contribution in [2.45, 2.75) is 57.3 Å². The second kappa shape index (κ2) is 11.7. The highest BCUT2D eigenvalue weighted by Crippen LogP contribution is 2.45. The van der Waals surface area contributed by atoms with Gasteiger partial charge in [0, 0.05) is 26.1 Å². The van der Waals surface area contributed by atoms with Crippen LogP contribution in [-0.2, 0) is 19.7 Å². The summed E-state index contributed by atoms with van der Waals surface area (Å²) in [6.45, 7) is 2.36. The molecule has 0 unspecified atom stereocenters. The van der Waals surface area contributed by atoms with Crippen molar-refractivity contribution >= 4 is 12.1 Å². The SMILES string of the molecule is COCCCCOC(=O)Oc1ccc(C2(c3ccc(OC(C)=O)cc3)CCCCC2)cc1. The molecular weight excluding hydrogens is 408 g/mol. The molecule has 1 aliphatic rings. The van der Waals surface area contributed by atoms with E-state index in [1.165, 1.54) is 24.5 Å². The highest BCUT2D eigenvalue weighted by atomic mass is 16.7. The lowest BCUT2D eigenvalue weighted by Crippen LogP contribution is -2.30. The van der Waals surface area contributed by atoms with E-state index in [0.29, 0.717) is 24.7 Å². The number of ether oxygens (including phenoxy) is 4. The molecule has 6 heteroatoms. The first-order chi connectivity index (χ1) is 15.5. The van der Waals surface area contributed by atoms with Gasteiger partial charge in [0.2, 0.25) is 0 Å². The molecule has 0 amide bonds. The Kier molecular flexibility index (Phi) is 8.68. The van der Waals surface area contributed by atoms with Crippen LogP contribution in [-0.4, -0.2) is 32.4 Å². The van der Waals surface area contributed by atoms with Gasteiger partial charge in [0.15, 0.2) is 0 Å². The van der Waals surface area contributed by atoms with Gasteiger partial charge >= 0.3 is 12.1 Å². The molecule has 0 aliphatic heterocycles. The average molecular weight is 441 g/mol. The first-order valence-corrected chi connectivity index (χ1v) is 11.3. The van der Waals surface area contributed by atoms with Crippen molar-refractivity contribution < 1.29 is 28.5 Å². The lowest BCUT2D eigenvalue weighted by Gasteiger charge is -2.38. The van der Waals surface area contributed by atoms with E-state index in [-0.39, 0.29) is 11.4 Å². The number of unbranched alkanes of at least 4 members (excludes halogenated alkanes) is 1. The Morgan fingerprint density at radius 2 is 1.31 bits per heavy atom. The van der Waals surface area contributed by atoms with Gasteiger partial charge in [0.05, 0.1) is 6.61 Å². The number of carbonyl (C=O) groups excluding carboxylic acids is 2. The van der Waals surface area contributed by atoms with Crippen molar-refractivity contribution in [1.82, 2.24) is 0 Å². The Morgan fingerprint density at radius 3 is 1.84 bits per heavy atom. The molecule has 1 fully saturated rings. The molecule has 1 aliphatic carbocycles. The number of benzene rings is 2. The summed E-state index contributed by atoms with van der Waals surface area (Å²) in [4.78, 5) is 23.1. The lowest BCUT2D eigenvalue weighted by atomic mass is 9.65. The van der Waals surface area contributed by atoms with E-state index >= 15 is 0 Å². The summed E-state index contributed by atoms with van der Waals surface area (Å²) in [5.74, 6) is 0.692. The minimum absolute atomic E-state index is 0.104. The van der Waals surface area contributed by atoms with Crippen molar-refractivity contribution in [3.63, 3.8) is 0 Å². The topological polar surface area (TPSA) is 71.1 Å². The lowest BCUT2D eigenvalue weighted by molar-refractivity contribution is -0.131. The number of methoxy groups -OCH3 is 1. The summed E-state index contributed by atoms with van der Waals surface area (Å²) in [5.41, 5.74) is 2.29. The fourth-order valence-corrected chi connectivity index (χ4v) is 4.38. The normalized spacial score (nSPS) is 15.1. The number of esters is 1. The monoisotopic (exact) mass is 440 g/mol. The Bertz CT molecular complexity index is 866. The van der Waals surface area contributed by atoms with Crippen LogP contribution in [0.5, 0.6) is 11.5 Å². The van der Waals surface area contributed by atoms with Crippen LogP contribution in [0.1, 0.15) is 63.0 Å². The van der Waals surface area contributed by atoms with Crippen molar-refractivity contribution in [3.05, 3.63) is 59.7 Å². The smallest absolute Gasteiger partial charge is 0.434 e. The zero-order chi connectivity index (χ0) is 22.8. The maximum Gasteiger partial charge on any atom is 0.513 e. The van der Waals surface area contributed by atoms with Crippen LogP contribution < -0.4 is 9.47 Å². The van der Waals surface area contributed by atoms with Crippen LogP contribution in [0.15, 0.2) is 48.5 Å². The van der Waals surface area contributed by atoms with Gasteiger partial charge in [-0.2, -0.15) is 0 Å². The van der Waals surface area contributed by atoms with Gasteiger partial charge in [-0.3, -0.25) is 4.79 Å².